The highest BCUT2D eigenvalue weighted by atomic mass is 16.5. The normalized spacial score (nSPS) is 11.9. The predicted octanol–water partition coefficient (Wildman–Crippen LogP) is 4.34. The number of rotatable bonds is 7. The molecule has 0 aliphatic rings. The number of hydrogen-bond acceptors (Lipinski definition) is 6. The summed E-state index contributed by atoms with van der Waals surface area (Å²) in [6.07, 6.45) is -0.782. The Hall–Kier alpha value is -3.48. The Bertz CT molecular complexity index is 1120. The lowest BCUT2D eigenvalue weighted by Gasteiger charge is -2.16. The number of fused-ring (bicyclic) bond motifs is 1. The first kappa shape index (κ1) is 21.2. The quantitative estimate of drug-likeness (QED) is 0.582. The number of carbonyl (C=O) groups is 1. The number of benzene rings is 2. The SMILES string of the molecule is COc1ccc(NC(=O)C(C)Oc2ccc3c(C(C)C)cc(=O)oc3c2)cc1OC. The average Bonchev–Trinajstić information content (AvgIpc) is 2.72. The summed E-state index contributed by atoms with van der Waals surface area (Å²) in [7, 11) is 3.07. The molecule has 0 spiro atoms. The van der Waals surface area contributed by atoms with Gasteiger partial charge in [0.1, 0.15) is 11.3 Å². The Balaban J connectivity index is 1.76. The van der Waals surface area contributed by atoms with Gasteiger partial charge in [0.25, 0.3) is 5.91 Å². The average molecular weight is 411 g/mol. The van der Waals surface area contributed by atoms with Crippen LogP contribution in [-0.4, -0.2) is 26.2 Å². The maximum absolute atomic E-state index is 12.6. The van der Waals surface area contributed by atoms with Gasteiger partial charge in [-0.25, -0.2) is 4.79 Å². The molecule has 2 aromatic carbocycles. The van der Waals surface area contributed by atoms with E-state index in [0.29, 0.717) is 28.5 Å². The first-order valence-corrected chi connectivity index (χ1v) is 9.59. The smallest absolute Gasteiger partial charge is 0.336 e. The lowest BCUT2D eigenvalue weighted by atomic mass is 10.00. The Kier molecular flexibility index (Phi) is 6.30. The van der Waals surface area contributed by atoms with Gasteiger partial charge in [-0.2, -0.15) is 0 Å². The van der Waals surface area contributed by atoms with Gasteiger partial charge in [-0.3, -0.25) is 4.79 Å². The molecule has 1 unspecified atom stereocenters. The van der Waals surface area contributed by atoms with Crippen LogP contribution in [0.1, 0.15) is 32.3 Å². The summed E-state index contributed by atoms with van der Waals surface area (Å²) in [5.41, 5.74) is 1.48. The van der Waals surface area contributed by atoms with Crippen LogP contribution in [0.5, 0.6) is 17.2 Å². The summed E-state index contributed by atoms with van der Waals surface area (Å²) in [4.78, 5) is 24.4. The van der Waals surface area contributed by atoms with Gasteiger partial charge in [0.05, 0.1) is 14.2 Å². The summed E-state index contributed by atoms with van der Waals surface area (Å²) >= 11 is 0. The van der Waals surface area contributed by atoms with Crippen LogP contribution in [0.2, 0.25) is 0 Å². The van der Waals surface area contributed by atoms with Gasteiger partial charge in [0.15, 0.2) is 17.6 Å². The van der Waals surface area contributed by atoms with E-state index < -0.39 is 11.7 Å². The molecule has 158 valence electrons. The minimum atomic E-state index is -0.782. The van der Waals surface area contributed by atoms with Crippen molar-refractivity contribution in [3.63, 3.8) is 0 Å². The first-order valence-electron chi connectivity index (χ1n) is 9.59. The highest BCUT2D eigenvalue weighted by Crippen LogP contribution is 2.30. The molecule has 0 saturated heterocycles. The van der Waals surface area contributed by atoms with Crippen molar-refractivity contribution in [2.75, 3.05) is 19.5 Å². The molecule has 1 heterocycles. The molecule has 0 fully saturated rings. The fourth-order valence-electron chi connectivity index (χ4n) is 3.13. The molecule has 7 heteroatoms. The second kappa shape index (κ2) is 8.90. The topological polar surface area (TPSA) is 87.0 Å². The second-order valence-electron chi connectivity index (χ2n) is 7.15. The highest BCUT2D eigenvalue weighted by Gasteiger charge is 2.17. The molecule has 7 nitrogen and oxygen atoms in total. The van der Waals surface area contributed by atoms with Gasteiger partial charge < -0.3 is 23.9 Å². The van der Waals surface area contributed by atoms with Crippen LogP contribution in [0.15, 0.2) is 51.7 Å². The maximum atomic E-state index is 12.6. The zero-order valence-corrected chi connectivity index (χ0v) is 17.6. The van der Waals surface area contributed by atoms with Gasteiger partial charge in [0, 0.05) is 29.3 Å². The molecule has 1 aromatic heterocycles. The van der Waals surface area contributed by atoms with E-state index in [1.54, 1.807) is 44.4 Å². The van der Waals surface area contributed by atoms with E-state index in [1.165, 1.54) is 13.2 Å². The van der Waals surface area contributed by atoms with Crippen LogP contribution in [0, 0.1) is 0 Å². The fourth-order valence-corrected chi connectivity index (χ4v) is 3.13. The van der Waals surface area contributed by atoms with Gasteiger partial charge in [-0.15, -0.1) is 0 Å². The van der Waals surface area contributed by atoms with Crippen molar-refractivity contribution in [1.29, 1.82) is 0 Å². The van der Waals surface area contributed by atoms with Gasteiger partial charge in [-0.1, -0.05) is 13.8 Å². The van der Waals surface area contributed by atoms with Crippen LogP contribution in [0.4, 0.5) is 5.69 Å². The molecular weight excluding hydrogens is 386 g/mol. The Morgan fingerprint density at radius 2 is 1.70 bits per heavy atom. The third kappa shape index (κ3) is 4.56. The van der Waals surface area contributed by atoms with Crippen molar-refractivity contribution < 1.29 is 23.4 Å². The van der Waals surface area contributed by atoms with Crippen molar-refractivity contribution >= 4 is 22.6 Å². The zero-order valence-electron chi connectivity index (χ0n) is 17.6. The summed E-state index contributed by atoms with van der Waals surface area (Å²) in [5, 5.41) is 3.63. The summed E-state index contributed by atoms with van der Waals surface area (Å²) in [6, 6.07) is 11.8. The van der Waals surface area contributed by atoms with E-state index in [2.05, 4.69) is 5.32 Å². The van der Waals surface area contributed by atoms with Crippen molar-refractivity contribution in [2.24, 2.45) is 0 Å². The molecule has 1 N–H and O–H groups in total. The first-order chi connectivity index (χ1) is 14.3. The molecule has 3 aromatic rings. The molecule has 3 rings (SSSR count). The van der Waals surface area contributed by atoms with Gasteiger partial charge in [0.2, 0.25) is 0 Å². The third-order valence-electron chi connectivity index (χ3n) is 4.70. The summed E-state index contributed by atoms with van der Waals surface area (Å²) < 4.78 is 21.5. The number of nitrogens with one attached hydrogen (secondary N) is 1. The van der Waals surface area contributed by atoms with Crippen LogP contribution >= 0.6 is 0 Å². The fraction of sp³-hybridized carbons (Fsp3) is 0.304. The standard InChI is InChI=1S/C23H25NO6/c1-13(2)18-12-22(25)30-20-11-16(7-8-17(18)20)29-14(3)23(26)24-15-6-9-19(27-4)21(10-15)28-5/h6-14H,1-5H3,(H,24,26). The number of carbonyl (C=O) groups excluding carboxylic acids is 1. The Morgan fingerprint density at radius 1 is 0.967 bits per heavy atom. The second-order valence-corrected chi connectivity index (χ2v) is 7.15. The van der Waals surface area contributed by atoms with Gasteiger partial charge >= 0.3 is 5.63 Å². The molecule has 0 bridgehead atoms. The minimum absolute atomic E-state index is 0.176. The lowest BCUT2D eigenvalue weighted by molar-refractivity contribution is -0.122. The van der Waals surface area contributed by atoms with Crippen molar-refractivity contribution in [3.8, 4) is 17.2 Å². The van der Waals surface area contributed by atoms with Gasteiger partial charge in [-0.05, 0) is 42.7 Å². The number of amides is 1. The predicted molar refractivity (Wildman–Crippen MR) is 115 cm³/mol. The van der Waals surface area contributed by atoms with E-state index >= 15 is 0 Å². The van der Waals surface area contributed by atoms with E-state index in [1.807, 2.05) is 19.9 Å². The highest BCUT2D eigenvalue weighted by molar-refractivity contribution is 5.94. The largest absolute Gasteiger partial charge is 0.493 e. The molecule has 1 atom stereocenters. The summed E-state index contributed by atoms with van der Waals surface area (Å²) in [5.74, 6) is 1.35. The van der Waals surface area contributed by atoms with Crippen LogP contribution < -0.4 is 25.2 Å². The molecular formula is C23H25NO6. The minimum Gasteiger partial charge on any atom is -0.493 e. The number of hydrogen-bond donors (Lipinski definition) is 1. The van der Waals surface area contributed by atoms with E-state index in [0.717, 1.165) is 10.9 Å². The third-order valence-corrected chi connectivity index (χ3v) is 4.70. The molecule has 30 heavy (non-hydrogen) atoms. The van der Waals surface area contributed by atoms with Crippen molar-refractivity contribution in [1.82, 2.24) is 0 Å². The van der Waals surface area contributed by atoms with E-state index in [9.17, 15) is 9.59 Å². The zero-order chi connectivity index (χ0) is 21.8. The molecule has 1 amide bonds. The van der Waals surface area contributed by atoms with Crippen molar-refractivity contribution in [2.45, 2.75) is 32.8 Å². The van der Waals surface area contributed by atoms with Crippen LogP contribution in [0.3, 0.4) is 0 Å². The number of anilines is 1. The number of methoxy groups -OCH3 is 2. The molecule has 0 aliphatic carbocycles. The maximum Gasteiger partial charge on any atom is 0.336 e. The van der Waals surface area contributed by atoms with E-state index in [-0.39, 0.29) is 11.8 Å². The molecule has 0 aliphatic heterocycles. The Morgan fingerprint density at radius 3 is 2.37 bits per heavy atom. The summed E-state index contributed by atoms with van der Waals surface area (Å²) in [6.45, 7) is 5.67. The van der Waals surface area contributed by atoms with E-state index in [4.69, 9.17) is 18.6 Å². The molecule has 0 radical (unpaired) electrons. The monoisotopic (exact) mass is 411 g/mol. The Labute approximate surface area is 174 Å². The lowest BCUT2D eigenvalue weighted by Crippen LogP contribution is -2.30. The van der Waals surface area contributed by atoms with Crippen molar-refractivity contribution in [3.05, 3.63) is 58.4 Å². The molecule has 0 saturated carbocycles. The van der Waals surface area contributed by atoms with Crippen LogP contribution in [-0.2, 0) is 4.79 Å². The number of ether oxygens (including phenoxy) is 3. The van der Waals surface area contributed by atoms with Crippen LogP contribution in [0.25, 0.3) is 11.0 Å².